The zero-order chi connectivity index (χ0) is 23.9. The highest BCUT2D eigenvalue weighted by Gasteiger charge is 2.87. The zero-order valence-corrected chi connectivity index (χ0v) is 19.6. The van der Waals surface area contributed by atoms with Gasteiger partial charge >= 0.3 is 5.97 Å². The van der Waals surface area contributed by atoms with E-state index in [-0.39, 0.29) is 35.3 Å². The Bertz CT molecular complexity index is 1140. The fraction of sp³-hybridized carbons (Fsp3) is 0.654. The number of ether oxygens (including phenoxy) is 2. The number of aliphatic hydroxyl groups excluding tert-OH is 2. The number of allylic oxidation sites excluding steroid dienone is 4. The molecule has 0 unspecified atom stereocenters. The number of esters is 1. The molecule has 1 spiro atoms. The lowest BCUT2D eigenvalue weighted by molar-refractivity contribution is -0.166. The van der Waals surface area contributed by atoms with Crippen LogP contribution in [0.5, 0.6) is 0 Å². The van der Waals surface area contributed by atoms with Crippen LogP contribution in [0.1, 0.15) is 53.9 Å². The Balaban J connectivity index is 1.53. The van der Waals surface area contributed by atoms with E-state index in [0.29, 0.717) is 24.0 Å². The van der Waals surface area contributed by atoms with E-state index >= 15 is 0 Å². The minimum atomic E-state index is -1.27. The van der Waals surface area contributed by atoms with Gasteiger partial charge in [-0.25, -0.2) is 4.79 Å². The summed E-state index contributed by atoms with van der Waals surface area (Å²) in [6.45, 7) is 9.57. The smallest absolute Gasteiger partial charge is 0.333 e. The van der Waals surface area contributed by atoms with Crippen LogP contribution in [0, 0.1) is 33.5 Å². The number of aliphatic hydroxyl groups is 2. The molecule has 4 aliphatic carbocycles. The Hall–Kier alpha value is -2.25. The number of fused-ring (bicyclic) bond motifs is 3. The normalized spacial score (nSPS) is 51.5. The fourth-order valence-corrected chi connectivity index (χ4v) is 9.00. The molecule has 6 aliphatic rings. The summed E-state index contributed by atoms with van der Waals surface area (Å²) in [7, 11) is 0. The van der Waals surface area contributed by atoms with Crippen LogP contribution in [0.25, 0.3) is 0 Å². The van der Waals surface area contributed by atoms with Crippen LogP contribution in [-0.4, -0.2) is 45.7 Å². The summed E-state index contributed by atoms with van der Waals surface area (Å²) in [6, 6.07) is 0. The maximum Gasteiger partial charge on any atom is 0.333 e. The molecule has 0 aromatic rings. The third-order valence-electron chi connectivity index (χ3n) is 10.4. The SMILES string of the molecule is CC1(C)C(=O)C=C[C@@]2(C)C1=C(O)C(=O)[C@]1(C)[C@@H]2CC[C@@]2(C)[C@H](C3=CC(=O)O[C@@H]3O)C[C@H]3O[C@]321. The number of epoxide rings is 1. The molecule has 0 bridgehead atoms. The van der Waals surface area contributed by atoms with Gasteiger partial charge in [-0.15, -0.1) is 0 Å². The van der Waals surface area contributed by atoms with Crippen LogP contribution in [0.3, 0.4) is 0 Å². The van der Waals surface area contributed by atoms with Crippen LogP contribution in [0.15, 0.2) is 35.1 Å². The highest BCUT2D eigenvalue weighted by molar-refractivity contribution is 6.06. The van der Waals surface area contributed by atoms with Crippen molar-refractivity contribution in [1.29, 1.82) is 0 Å². The predicted octanol–water partition coefficient (Wildman–Crippen LogP) is 2.93. The summed E-state index contributed by atoms with van der Waals surface area (Å²) < 4.78 is 11.4. The van der Waals surface area contributed by atoms with Gasteiger partial charge in [0.05, 0.1) is 16.9 Å². The molecular weight excluding hydrogens is 424 g/mol. The predicted molar refractivity (Wildman–Crippen MR) is 116 cm³/mol. The van der Waals surface area contributed by atoms with E-state index in [4.69, 9.17) is 9.47 Å². The second-order valence-electron chi connectivity index (χ2n) is 11.9. The van der Waals surface area contributed by atoms with E-state index in [0.717, 1.165) is 6.42 Å². The van der Waals surface area contributed by atoms with E-state index in [1.807, 2.05) is 19.9 Å². The number of rotatable bonds is 1. The molecule has 0 aromatic heterocycles. The van der Waals surface area contributed by atoms with Crippen molar-refractivity contribution in [2.45, 2.75) is 71.9 Å². The van der Waals surface area contributed by atoms with Gasteiger partial charge in [0.25, 0.3) is 0 Å². The number of Topliss-reactive ketones (excluding diaryl/α,β-unsaturated/α-hetero) is 1. The molecule has 8 atom stereocenters. The number of carbonyl (C=O) groups is 3. The van der Waals surface area contributed by atoms with Gasteiger partial charge in [0.2, 0.25) is 12.1 Å². The van der Waals surface area contributed by atoms with Gasteiger partial charge in [-0.1, -0.05) is 19.9 Å². The molecule has 2 aliphatic heterocycles. The molecule has 0 radical (unpaired) electrons. The minimum Gasteiger partial charge on any atom is -0.504 e. The molecule has 2 N–H and O–H groups in total. The molecule has 0 aromatic carbocycles. The lowest BCUT2D eigenvalue weighted by Crippen LogP contribution is -2.66. The molecule has 0 amide bonds. The zero-order valence-electron chi connectivity index (χ0n) is 19.6. The van der Waals surface area contributed by atoms with Crippen molar-refractivity contribution >= 4 is 17.5 Å². The maximum absolute atomic E-state index is 14.1. The molecule has 3 fully saturated rings. The molecule has 176 valence electrons. The van der Waals surface area contributed by atoms with Gasteiger partial charge in [-0.05, 0) is 63.5 Å². The average molecular weight is 455 g/mol. The Morgan fingerprint density at radius 1 is 1.09 bits per heavy atom. The first kappa shape index (κ1) is 21.3. The summed E-state index contributed by atoms with van der Waals surface area (Å²) in [5, 5.41) is 21.7. The van der Waals surface area contributed by atoms with Gasteiger partial charge < -0.3 is 19.7 Å². The van der Waals surface area contributed by atoms with Crippen LogP contribution in [-0.2, 0) is 23.9 Å². The number of hydrogen-bond donors (Lipinski definition) is 2. The van der Waals surface area contributed by atoms with Gasteiger partial charge in [0.1, 0.15) is 5.60 Å². The summed E-state index contributed by atoms with van der Waals surface area (Å²) >= 11 is 0. The van der Waals surface area contributed by atoms with Crippen molar-refractivity contribution in [3.63, 3.8) is 0 Å². The minimum absolute atomic E-state index is 0.120. The Kier molecular flexibility index (Phi) is 3.67. The summed E-state index contributed by atoms with van der Waals surface area (Å²) in [6.07, 6.45) is 5.37. The average Bonchev–Trinajstić information content (AvgIpc) is 3.28. The standard InChI is InChI=1S/C26H30O7/c1-22(2)15(27)7-8-23(3)14-6-9-24(4)13(12-10-17(28)32-21(12)31)11-16-26(24,33-16)25(14,5)20(30)18(29)19(22)23/h7-8,10,13-14,16,21,29,31H,6,9,11H2,1-5H3/t13-,14+,16+,21-,23+,24-,25-,26+/m0/s1. The second-order valence-corrected chi connectivity index (χ2v) is 11.9. The molecular formula is C26H30O7. The number of ketones is 2. The highest BCUT2D eigenvalue weighted by Crippen LogP contribution is 2.80. The highest BCUT2D eigenvalue weighted by atomic mass is 16.6. The maximum atomic E-state index is 14.1. The topological polar surface area (TPSA) is 113 Å². The molecule has 1 saturated heterocycles. The third kappa shape index (κ3) is 2.01. The fourth-order valence-electron chi connectivity index (χ4n) is 9.00. The Morgan fingerprint density at radius 2 is 1.79 bits per heavy atom. The van der Waals surface area contributed by atoms with E-state index < -0.39 is 39.5 Å². The largest absolute Gasteiger partial charge is 0.504 e. The van der Waals surface area contributed by atoms with Crippen LogP contribution in [0.4, 0.5) is 0 Å². The van der Waals surface area contributed by atoms with Crippen molar-refractivity contribution in [3.05, 3.63) is 35.1 Å². The number of cyclic esters (lactones) is 1. The molecule has 33 heavy (non-hydrogen) atoms. The van der Waals surface area contributed by atoms with Crippen molar-refractivity contribution in [2.75, 3.05) is 0 Å². The van der Waals surface area contributed by atoms with Crippen molar-refractivity contribution < 1.29 is 34.1 Å². The van der Waals surface area contributed by atoms with E-state index in [2.05, 4.69) is 6.92 Å². The van der Waals surface area contributed by atoms with E-state index in [9.17, 15) is 24.6 Å². The first-order chi connectivity index (χ1) is 15.3. The van der Waals surface area contributed by atoms with Gasteiger partial charge in [-0.2, -0.15) is 0 Å². The summed E-state index contributed by atoms with van der Waals surface area (Å²) in [4.78, 5) is 38.6. The van der Waals surface area contributed by atoms with E-state index in [1.54, 1.807) is 19.9 Å². The lowest BCUT2D eigenvalue weighted by atomic mass is 9.39. The second kappa shape index (κ2) is 5.69. The van der Waals surface area contributed by atoms with Crippen molar-refractivity contribution in [2.24, 2.45) is 33.5 Å². The summed E-state index contributed by atoms with van der Waals surface area (Å²) in [5.41, 5.74) is -2.93. The van der Waals surface area contributed by atoms with Crippen molar-refractivity contribution in [1.82, 2.24) is 0 Å². The number of carbonyl (C=O) groups excluding carboxylic acids is 3. The van der Waals surface area contributed by atoms with Gasteiger partial charge in [-0.3, -0.25) is 9.59 Å². The molecule has 6 rings (SSSR count). The Morgan fingerprint density at radius 3 is 2.42 bits per heavy atom. The quantitative estimate of drug-likeness (QED) is 0.463. The van der Waals surface area contributed by atoms with Gasteiger partial charge in [0, 0.05) is 22.5 Å². The van der Waals surface area contributed by atoms with Crippen LogP contribution in [0.2, 0.25) is 0 Å². The summed E-state index contributed by atoms with van der Waals surface area (Å²) in [5.74, 6) is -1.67. The van der Waals surface area contributed by atoms with Crippen molar-refractivity contribution in [3.8, 4) is 0 Å². The first-order valence-corrected chi connectivity index (χ1v) is 11.8. The Labute approximate surface area is 192 Å². The van der Waals surface area contributed by atoms with Crippen LogP contribution < -0.4 is 0 Å². The first-order valence-electron chi connectivity index (χ1n) is 11.8. The monoisotopic (exact) mass is 454 g/mol. The molecule has 7 nitrogen and oxygen atoms in total. The van der Waals surface area contributed by atoms with E-state index in [1.165, 1.54) is 6.08 Å². The third-order valence-corrected chi connectivity index (χ3v) is 10.4. The molecule has 2 saturated carbocycles. The lowest BCUT2D eigenvalue weighted by Gasteiger charge is -2.62. The molecule has 7 heteroatoms. The van der Waals surface area contributed by atoms with Gasteiger partial charge in [0.15, 0.2) is 11.5 Å². The van der Waals surface area contributed by atoms with Crippen LogP contribution >= 0.6 is 0 Å². The molecule has 2 heterocycles. The number of hydrogen-bond acceptors (Lipinski definition) is 7.